The molecule has 174 valence electrons. The molecule has 0 saturated carbocycles. The van der Waals surface area contributed by atoms with Gasteiger partial charge in [-0.1, -0.05) is 6.92 Å². The number of hydrogen-bond acceptors (Lipinski definition) is 6. The van der Waals surface area contributed by atoms with E-state index in [0.717, 1.165) is 10.9 Å². The molecule has 0 aliphatic heterocycles. The summed E-state index contributed by atoms with van der Waals surface area (Å²) in [5.74, 6) is 1.05. The first-order valence-corrected chi connectivity index (χ1v) is 10.7. The zero-order chi connectivity index (χ0) is 24.1. The average Bonchev–Trinajstić information content (AvgIpc) is 3.27. The van der Waals surface area contributed by atoms with E-state index in [1.165, 1.54) is 6.20 Å². The largest absolute Gasteiger partial charge is 0.497 e. The van der Waals surface area contributed by atoms with Crippen molar-refractivity contribution in [2.75, 3.05) is 24.9 Å². The monoisotopic (exact) mass is 459 g/mol. The van der Waals surface area contributed by atoms with Gasteiger partial charge in [-0.25, -0.2) is 9.67 Å². The standard InChI is InChI=1S/C25H25N5O4/c1-4-23(31)28-19-6-8-20(9-7-19)29-25(32)18-11-17-14-27-30(24(17)26-13-18)15-16-5-10-21(33-2)12-22(16)34-3/h5-14H,4,15H2,1-3H3,(H,28,31)(H,29,32). The molecule has 2 heterocycles. The van der Waals surface area contributed by atoms with E-state index in [9.17, 15) is 9.59 Å². The van der Waals surface area contributed by atoms with Gasteiger partial charge in [0.25, 0.3) is 5.91 Å². The molecule has 2 aromatic heterocycles. The summed E-state index contributed by atoms with van der Waals surface area (Å²) in [6.45, 7) is 2.24. The van der Waals surface area contributed by atoms with Gasteiger partial charge in [0.05, 0.1) is 32.5 Å². The molecular formula is C25H25N5O4. The Morgan fingerprint density at radius 2 is 1.68 bits per heavy atom. The van der Waals surface area contributed by atoms with Crippen LogP contribution in [0.4, 0.5) is 11.4 Å². The molecule has 0 saturated heterocycles. The van der Waals surface area contributed by atoms with E-state index in [1.54, 1.807) is 62.4 Å². The van der Waals surface area contributed by atoms with Gasteiger partial charge in [-0.15, -0.1) is 0 Å². The Kier molecular flexibility index (Phi) is 6.72. The Hall–Kier alpha value is -4.40. The summed E-state index contributed by atoms with van der Waals surface area (Å²) in [4.78, 5) is 28.7. The van der Waals surface area contributed by atoms with Gasteiger partial charge in [0.2, 0.25) is 5.91 Å². The topological polar surface area (TPSA) is 107 Å². The zero-order valence-electron chi connectivity index (χ0n) is 19.2. The Labute approximate surface area is 196 Å². The lowest BCUT2D eigenvalue weighted by Crippen LogP contribution is -2.13. The van der Waals surface area contributed by atoms with Crippen molar-refractivity contribution in [1.82, 2.24) is 14.8 Å². The summed E-state index contributed by atoms with van der Waals surface area (Å²) in [5, 5.41) is 10.8. The van der Waals surface area contributed by atoms with Crippen molar-refractivity contribution in [2.24, 2.45) is 0 Å². The molecule has 9 nitrogen and oxygen atoms in total. The molecule has 4 aromatic rings. The quantitative estimate of drug-likeness (QED) is 0.411. The summed E-state index contributed by atoms with van der Waals surface area (Å²) in [7, 11) is 3.21. The van der Waals surface area contributed by atoms with E-state index in [2.05, 4.69) is 20.7 Å². The summed E-state index contributed by atoms with van der Waals surface area (Å²) >= 11 is 0. The second-order valence-corrected chi connectivity index (χ2v) is 7.55. The number of benzene rings is 2. The molecule has 0 aliphatic rings. The van der Waals surface area contributed by atoms with Crippen LogP contribution in [0.25, 0.3) is 11.0 Å². The van der Waals surface area contributed by atoms with Crippen molar-refractivity contribution in [3.8, 4) is 11.5 Å². The molecule has 34 heavy (non-hydrogen) atoms. The highest BCUT2D eigenvalue weighted by Gasteiger charge is 2.13. The number of anilines is 2. The van der Waals surface area contributed by atoms with Gasteiger partial charge in [0.15, 0.2) is 5.65 Å². The number of carbonyl (C=O) groups is 2. The summed E-state index contributed by atoms with van der Waals surface area (Å²) in [5.41, 5.74) is 3.29. The lowest BCUT2D eigenvalue weighted by Gasteiger charge is -2.11. The fourth-order valence-electron chi connectivity index (χ4n) is 3.45. The third-order valence-electron chi connectivity index (χ3n) is 5.30. The second kappa shape index (κ2) is 10.0. The minimum absolute atomic E-state index is 0.0675. The molecule has 0 unspecified atom stereocenters. The molecule has 4 rings (SSSR count). The number of rotatable bonds is 8. The molecule has 0 atom stereocenters. The van der Waals surface area contributed by atoms with Gasteiger partial charge in [-0.3, -0.25) is 9.59 Å². The van der Waals surface area contributed by atoms with Crippen LogP contribution in [0.3, 0.4) is 0 Å². The molecule has 2 aromatic carbocycles. The number of hydrogen-bond donors (Lipinski definition) is 2. The summed E-state index contributed by atoms with van der Waals surface area (Å²) in [6.07, 6.45) is 3.61. The first kappa shape index (κ1) is 22.8. The van der Waals surface area contributed by atoms with Gasteiger partial charge in [-0.2, -0.15) is 5.10 Å². The van der Waals surface area contributed by atoms with E-state index >= 15 is 0 Å². The molecule has 9 heteroatoms. The van der Waals surface area contributed by atoms with E-state index in [-0.39, 0.29) is 11.8 Å². The van der Waals surface area contributed by atoms with Gasteiger partial charge < -0.3 is 20.1 Å². The van der Waals surface area contributed by atoms with Gasteiger partial charge in [0, 0.05) is 41.0 Å². The molecule has 0 spiro atoms. The van der Waals surface area contributed by atoms with Crippen LogP contribution in [-0.2, 0) is 11.3 Å². The predicted octanol–water partition coefficient (Wildman–Crippen LogP) is 4.10. The van der Waals surface area contributed by atoms with Crippen LogP contribution in [0.2, 0.25) is 0 Å². The normalized spacial score (nSPS) is 10.7. The number of methoxy groups -OCH3 is 2. The average molecular weight is 460 g/mol. The number of amides is 2. The van der Waals surface area contributed by atoms with Gasteiger partial charge >= 0.3 is 0 Å². The van der Waals surface area contributed by atoms with Crippen molar-refractivity contribution < 1.29 is 19.1 Å². The fraction of sp³-hybridized carbons (Fsp3) is 0.200. The fourth-order valence-corrected chi connectivity index (χ4v) is 3.45. The Balaban J connectivity index is 1.48. The minimum Gasteiger partial charge on any atom is -0.497 e. The number of carbonyl (C=O) groups excluding carboxylic acids is 2. The lowest BCUT2D eigenvalue weighted by atomic mass is 10.2. The minimum atomic E-state index is -0.288. The van der Waals surface area contributed by atoms with E-state index in [0.29, 0.717) is 47.1 Å². The second-order valence-electron chi connectivity index (χ2n) is 7.55. The maximum Gasteiger partial charge on any atom is 0.257 e. The van der Waals surface area contributed by atoms with Crippen LogP contribution in [0, 0.1) is 0 Å². The van der Waals surface area contributed by atoms with Crippen molar-refractivity contribution in [3.05, 3.63) is 72.1 Å². The van der Waals surface area contributed by atoms with Crippen LogP contribution < -0.4 is 20.1 Å². The molecule has 0 aliphatic carbocycles. The van der Waals surface area contributed by atoms with Crippen molar-refractivity contribution >= 4 is 34.2 Å². The molecule has 2 N–H and O–H groups in total. The molecule has 0 bridgehead atoms. The molecule has 0 fully saturated rings. The summed E-state index contributed by atoms with van der Waals surface area (Å²) < 4.78 is 12.5. The maximum absolute atomic E-state index is 12.7. The Bertz CT molecular complexity index is 1330. The van der Waals surface area contributed by atoms with Crippen LogP contribution in [0.1, 0.15) is 29.3 Å². The smallest absolute Gasteiger partial charge is 0.257 e. The highest BCUT2D eigenvalue weighted by Crippen LogP contribution is 2.26. The number of fused-ring (bicyclic) bond motifs is 1. The summed E-state index contributed by atoms with van der Waals surface area (Å²) in [6, 6.07) is 14.3. The van der Waals surface area contributed by atoms with Crippen LogP contribution in [0.15, 0.2) is 60.9 Å². The Morgan fingerprint density at radius 1 is 0.941 bits per heavy atom. The van der Waals surface area contributed by atoms with Crippen molar-refractivity contribution in [2.45, 2.75) is 19.9 Å². The van der Waals surface area contributed by atoms with Gasteiger partial charge in [-0.05, 0) is 42.5 Å². The number of nitrogens with zero attached hydrogens (tertiary/aromatic N) is 3. The third kappa shape index (κ3) is 4.98. The number of pyridine rings is 1. The zero-order valence-corrected chi connectivity index (χ0v) is 19.2. The number of nitrogens with one attached hydrogen (secondary N) is 2. The highest BCUT2D eigenvalue weighted by atomic mass is 16.5. The first-order valence-electron chi connectivity index (χ1n) is 10.7. The van der Waals surface area contributed by atoms with Crippen LogP contribution in [0.5, 0.6) is 11.5 Å². The number of aromatic nitrogens is 3. The van der Waals surface area contributed by atoms with Crippen molar-refractivity contribution in [1.29, 1.82) is 0 Å². The van der Waals surface area contributed by atoms with Crippen LogP contribution in [-0.4, -0.2) is 40.8 Å². The Morgan fingerprint density at radius 3 is 2.35 bits per heavy atom. The molecular weight excluding hydrogens is 434 g/mol. The SMILES string of the molecule is CCC(=O)Nc1ccc(NC(=O)c2cnc3c(cnn3Cc3ccc(OC)cc3OC)c2)cc1. The lowest BCUT2D eigenvalue weighted by molar-refractivity contribution is -0.115. The van der Waals surface area contributed by atoms with Crippen molar-refractivity contribution in [3.63, 3.8) is 0 Å². The maximum atomic E-state index is 12.7. The van der Waals surface area contributed by atoms with Gasteiger partial charge in [0.1, 0.15) is 11.5 Å². The highest BCUT2D eigenvalue weighted by molar-refractivity contribution is 6.05. The molecule has 2 amide bonds. The predicted molar refractivity (Wildman–Crippen MR) is 129 cm³/mol. The van der Waals surface area contributed by atoms with E-state index in [4.69, 9.17) is 9.47 Å². The number of ether oxygens (including phenoxy) is 2. The van der Waals surface area contributed by atoms with E-state index < -0.39 is 0 Å². The van der Waals surface area contributed by atoms with E-state index in [1.807, 2.05) is 18.2 Å². The first-order chi connectivity index (χ1) is 16.5. The third-order valence-corrected chi connectivity index (χ3v) is 5.30. The van der Waals surface area contributed by atoms with Crippen LogP contribution >= 0.6 is 0 Å². The molecule has 0 radical (unpaired) electrons.